The van der Waals surface area contributed by atoms with E-state index < -0.39 is 0 Å². The first-order valence-corrected chi connectivity index (χ1v) is 17.7. The molecule has 7 heteroatoms. The smallest absolute Gasteiger partial charge is 0.269 e. The van der Waals surface area contributed by atoms with E-state index in [1.165, 1.54) is 16.7 Å². The Balaban J connectivity index is 0.00000464. The summed E-state index contributed by atoms with van der Waals surface area (Å²) in [7, 11) is 0. The van der Waals surface area contributed by atoms with Gasteiger partial charge < -0.3 is 9.30 Å². The monoisotopic (exact) mass is 868 g/mol. The fraction of sp³-hybridized carbons (Fsp3) is 0.311. The first-order valence-electron chi connectivity index (χ1n) is 17.7. The molecule has 4 aromatic heterocycles. The third kappa shape index (κ3) is 6.98. The molecule has 0 fully saturated rings. The van der Waals surface area contributed by atoms with E-state index in [0.29, 0.717) is 17.3 Å². The molecule has 52 heavy (non-hydrogen) atoms. The minimum Gasteiger partial charge on any atom is -0.522 e. The Morgan fingerprint density at radius 3 is 1.96 bits per heavy atom. The Morgan fingerprint density at radius 2 is 1.29 bits per heavy atom. The fourth-order valence-corrected chi connectivity index (χ4v) is 6.47. The average Bonchev–Trinajstić information content (AvgIpc) is 3.56. The van der Waals surface area contributed by atoms with Crippen LogP contribution in [0.3, 0.4) is 0 Å². The van der Waals surface area contributed by atoms with Crippen LogP contribution in [0.5, 0.6) is 11.5 Å². The molecule has 0 aliphatic carbocycles. The SMILES string of the molecule is Cc1c(C)[n+](-c2cc(C(C)(C)C)cc(C(C)(C)C)c2)[c-]n1-c1[c-]c(Oc2[c-]c3c(cc2)c2ccccc2n3-c2cc(C(C)(C)C)ccn2)ccn1.[Pt]. The van der Waals surface area contributed by atoms with Crippen LogP contribution in [-0.4, -0.2) is 19.1 Å². The van der Waals surface area contributed by atoms with Crippen molar-refractivity contribution in [2.45, 2.75) is 92.4 Å². The van der Waals surface area contributed by atoms with Crippen LogP contribution in [0.4, 0.5) is 0 Å². The largest absolute Gasteiger partial charge is 0.522 e. The second-order valence-electron chi connectivity index (χ2n) is 16.7. The molecule has 0 spiro atoms. The summed E-state index contributed by atoms with van der Waals surface area (Å²) in [5.41, 5.74) is 8.96. The molecule has 7 aromatic rings. The Kier molecular flexibility index (Phi) is 9.63. The summed E-state index contributed by atoms with van der Waals surface area (Å²) in [6, 6.07) is 32.4. The number of hydrogen-bond donors (Lipinski definition) is 0. The van der Waals surface area contributed by atoms with E-state index in [0.717, 1.165) is 44.7 Å². The molecular weight excluding hydrogens is 822 g/mol. The van der Waals surface area contributed by atoms with Gasteiger partial charge in [0.2, 0.25) is 0 Å². The molecule has 0 aliphatic heterocycles. The van der Waals surface area contributed by atoms with E-state index in [2.05, 4.69) is 164 Å². The number of imidazole rings is 1. The fourth-order valence-electron chi connectivity index (χ4n) is 6.47. The third-order valence-corrected chi connectivity index (χ3v) is 9.79. The number of ether oxygens (including phenoxy) is 1. The first kappa shape index (κ1) is 37.2. The zero-order valence-electron chi connectivity index (χ0n) is 32.0. The average molecular weight is 869 g/mol. The molecule has 0 saturated heterocycles. The third-order valence-electron chi connectivity index (χ3n) is 9.79. The molecular formula is C45H47N5OPt-2. The number of para-hydroxylation sites is 1. The quantitative estimate of drug-likeness (QED) is 0.128. The Bertz CT molecular complexity index is 2400. The van der Waals surface area contributed by atoms with Gasteiger partial charge in [-0.3, -0.25) is 14.1 Å². The van der Waals surface area contributed by atoms with Crippen LogP contribution in [0.2, 0.25) is 0 Å². The maximum absolute atomic E-state index is 6.46. The van der Waals surface area contributed by atoms with Gasteiger partial charge in [0.05, 0.1) is 22.9 Å². The molecule has 3 aromatic carbocycles. The van der Waals surface area contributed by atoms with E-state index in [1.54, 1.807) is 6.20 Å². The molecule has 270 valence electrons. The van der Waals surface area contributed by atoms with Gasteiger partial charge in [0.1, 0.15) is 5.82 Å². The van der Waals surface area contributed by atoms with Crippen molar-refractivity contribution in [2.75, 3.05) is 0 Å². The molecule has 7 rings (SSSR count). The van der Waals surface area contributed by atoms with Gasteiger partial charge in [-0.2, -0.15) is 18.2 Å². The van der Waals surface area contributed by atoms with Gasteiger partial charge in [-0.25, -0.2) is 4.98 Å². The summed E-state index contributed by atoms with van der Waals surface area (Å²) in [5.74, 6) is 2.58. The van der Waals surface area contributed by atoms with Crippen LogP contribution >= 0.6 is 0 Å². The summed E-state index contributed by atoms with van der Waals surface area (Å²) in [6.07, 6.45) is 7.22. The van der Waals surface area contributed by atoms with Crippen LogP contribution in [0.25, 0.3) is 39.1 Å². The summed E-state index contributed by atoms with van der Waals surface area (Å²) in [4.78, 5) is 9.50. The molecule has 0 amide bonds. The van der Waals surface area contributed by atoms with Crippen LogP contribution in [0.15, 0.2) is 85.2 Å². The molecule has 0 saturated carbocycles. The molecule has 0 atom stereocenters. The van der Waals surface area contributed by atoms with Crippen molar-refractivity contribution in [3.8, 4) is 28.8 Å². The van der Waals surface area contributed by atoms with Gasteiger partial charge in [-0.1, -0.05) is 98.3 Å². The molecule has 0 radical (unpaired) electrons. The number of rotatable bonds is 5. The normalized spacial score (nSPS) is 12.4. The molecule has 0 bridgehead atoms. The standard InChI is InChI=1S/C45H47N5O.Pt/c1-29-30(2)49(28-48(29)34-23-32(44(6,7)8)22-33(24-34)45(9,10)11)41-27-36(19-21-46-41)51-35-16-17-38-37-14-12-13-15-39(37)50(40(38)26-35)42-25-31(18-20-47-42)43(3,4)5;/h12-25H,1-11H3;/q-2;. The zero-order valence-corrected chi connectivity index (χ0v) is 34.3. The molecule has 6 nitrogen and oxygen atoms in total. The summed E-state index contributed by atoms with van der Waals surface area (Å²) < 4.78 is 12.7. The minimum atomic E-state index is -0.0114. The predicted octanol–water partition coefficient (Wildman–Crippen LogP) is 10.3. The molecule has 0 aliphatic rings. The summed E-state index contributed by atoms with van der Waals surface area (Å²) in [5, 5.41) is 2.23. The van der Waals surface area contributed by atoms with E-state index in [1.807, 2.05) is 22.9 Å². The first-order chi connectivity index (χ1) is 24.0. The van der Waals surface area contributed by atoms with E-state index >= 15 is 0 Å². The Labute approximate surface area is 322 Å². The minimum absolute atomic E-state index is 0. The Hall–Kier alpha value is -4.54. The maximum atomic E-state index is 6.46. The molecule has 0 N–H and O–H groups in total. The topological polar surface area (TPSA) is 48.8 Å². The number of nitrogens with zero attached hydrogens (tertiary/aromatic N) is 5. The van der Waals surface area contributed by atoms with Crippen molar-refractivity contribution < 1.29 is 30.4 Å². The number of aromatic nitrogens is 5. The van der Waals surface area contributed by atoms with Gasteiger partial charge in [-0.15, -0.1) is 17.5 Å². The predicted molar refractivity (Wildman–Crippen MR) is 206 cm³/mol. The van der Waals surface area contributed by atoms with Gasteiger partial charge >= 0.3 is 0 Å². The number of hydrogen-bond acceptors (Lipinski definition) is 3. The molecule has 0 unspecified atom stereocenters. The van der Waals surface area contributed by atoms with Crippen molar-refractivity contribution in [1.82, 2.24) is 19.1 Å². The van der Waals surface area contributed by atoms with Gasteiger partial charge in [0.25, 0.3) is 6.33 Å². The second kappa shape index (κ2) is 13.5. The van der Waals surface area contributed by atoms with Crippen LogP contribution in [0, 0.1) is 32.3 Å². The van der Waals surface area contributed by atoms with Crippen molar-refractivity contribution in [3.63, 3.8) is 0 Å². The van der Waals surface area contributed by atoms with Crippen molar-refractivity contribution >= 4 is 21.8 Å². The maximum Gasteiger partial charge on any atom is 0.269 e. The second-order valence-corrected chi connectivity index (χ2v) is 16.7. The van der Waals surface area contributed by atoms with Gasteiger partial charge in [0.15, 0.2) is 0 Å². The number of fused-ring (bicyclic) bond motifs is 3. The van der Waals surface area contributed by atoms with Gasteiger partial charge in [0, 0.05) is 38.5 Å². The molecule has 4 heterocycles. The zero-order chi connectivity index (χ0) is 36.5. The summed E-state index contributed by atoms with van der Waals surface area (Å²) >= 11 is 0. The van der Waals surface area contributed by atoms with Gasteiger partial charge in [-0.05, 0) is 88.3 Å². The van der Waals surface area contributed by atoms with E-state index in [-0.39, 0.29) is 37.3 Å². The summed E-state index contributed by atoms with van der Waals surface area (Å²) in [6.45, 7) is 24.4. The number of pyridine rings is 2. The van der Waals surface area contributed by atoms with E-state index in [9.17, 15) is 0 Å². The van der Waals surface area contributed by atoms with Crippen LogP contribution in [-0.2, 0) is 37.3 Å². The van der Waals surface area contributed by atoms with Crippen molar-refractivity contribution in [1.29, 1.82) is 0 Å². The number of benzene rings is 3. The van der Waals surface area contributed by atoms with Crippen molar-refractivity contribution in [2.24, 2.45) is 0 Å². The van der Waals surface area contributed by atoms with Crippen LogP contribution < -0.4 is 9.30 Å². The Morgan fingerprint density at radius 1 is 0.654 bits per heavy atom. The van der Waals surface area contributed by atoms with E-state index in [4.69, 9.17) is 14.7 Å². The van der Waals surface area contributed by atoms with Crippen LogP contribution in [0.1, 0.15) is 90.4 Å². The van der Waals surface area contributed by atoms with Crippen molar-refractivity contribution in [3.05, 3.63) is 132 Å².